The lowest BCUT2D eigenvalue weighted by atomic mass is 10.4. The molecule has 10 heteroatoms. The highest BCUT2D eigenvalue weighted by Crippen LogP contribution is 1.99. The third-order valence-electron chi connectivity index (χ3n) is 4.07. The number of rotatable bonds is 21. The van der Waals surface area contributed by atoms with Gasteiger partial charge in [-0.1, -0.05) is 0 Å². The van der Waals surface area contributed by atoms with Crippen molar-refractivity contribution in [3.05, 3.63) is 0 Å². The molecule has 0 heterocycles. The van der Waals surface area contributed by atoms with Crippen LogP contribution in [0.2, 0.25) is 0 Å². The molecule has 0 bridgehead atoms. The molecular formula is C18H42N4O6. The van der Waals surface area contributed by atoms with Gasteiger partial charge in [0.25, 0.3) is 0 Å². The fraction of sp³-hybridized carbons (Fsp3) is 1.00. The maximum atomic E-state index is 5.26. The first-order valence-corrected chi connectivity index (χ1v) is 9.48. The van der Waals surface area contributed by atoms with Gasteiger partial charge in [0.2, 0.25) is 0 Å². The molecule has 28 heavy (non-hydrogen) atoms. The van der Waals surface area contributed by atoms with Crippen LogP contribution in [0, 0.1) is 0 Å². The number of ether oxygens (including phenoxy) is 6. The second kappa shape index (κ2) is 19.9. The Morgan fingerprint density at radius 2 is 0.500 bits per heavy atom. The van der Waals surface area contributed by atoms with Gasteiger partial charge in [0.15, 0.2) is 0 Å². The van der Waals surface area contributed by atoms with E-state index >= 15 is 0 Å². The molecule has 0 aromatic heterocycles. The van der Waals surface area contributed by atoms with Crippen molar-refractivity contribution >= 4 is 0 Å². The maximum Gasteiger partial charge on any atom is 0.100 e. The van der Waals surface area contributed by atoms with Crippen LogP contribution >= 0.6 is 0 Å². The Bertz CT molecular complexity index is 265. The van der Waals surface area contributed by atoms with Crippen LogP contribution < -0.4 is 0 Å². The lowest BCUT2D eigenvalue weighted by Crippen LogP contribution is -2.44. The minimum absolute atomic E-state index is 0.542. The molecule has 0 aromatic rings. The van der Waals surface area contributed by atoms with Crippen LogP contribution in [0.25, 0.3) is 0 Å². The van der Waals surface area contributed by atoms with Gasteiger partial charge in [0.05, 0.1) is 0 Å². The summed E-state index contributed by atoms with van der Waals surface area (Å²) in [6.07, 6.45) is 0. The lowest BCUT2D eigenvalue weighted by molar-refractivity contribution is -0.0331. The molecule has 170 valence electrons. The van der Waals surface area contributed by atoms with Crippen molar-refractivity contribution in [1.29, 1.82) is 0 Å². The van der Waals surface area contributed by atoms with Crippen LogP contribution in [0.1, 0.15) is 0 Å². The molecule has 0 fully saturated rings. The third kappa shape index (κ3) is 14.6. The zero-order valence-corrected chi connectivity index (χ0v) is 18.7. The van der Waals surface area contributed by atoms with E-state index in [-0.39, 0.29) is 0 Å². The van der Waals surface area contributed by atoms with Gasteiger partial charge in [-0.2, -0.15) is 0 Å². The first-order valence-electron chi connectivity index (χ1n) is 9.48. The number of nitrogens with zero attached hydrogens (tertiary/aromatic N) is 4. The Hall–Kier alpha value is -0.400. The van der Waals surface area contributed by atoms with E-state index in [0.29, 0.717) is 40.4 Å². The minimum atomic E-state index is 0.542. The number of hydrogen-bond donors (Lipinski definition) is 0. The Morgan fingerprint density at radius 3 is 0.679 bits per heavy atom. The summed E-state index contributed by atoms with van der Waals surface area (Å²) in [6, 6.07) is 0. The number of hydrogen-bond acceptors (Lipinski definition) is 10. The number of methoxy groups -OCH3 is 6. The summed E-state index contributed by atoms with van der Waals surface area (Å²) in [7, 11) is 10.2. The molecule has 0 N–H and O–H groups in total. The van der Waals surface area contributed by atoms with E-state index in [4.69, 9.17) is 28.4 Å². The lowest BCUT2D eigenvalue weighted by Gasteiger charge is -2.31. The Kier molecular flexibility index (Phi) is 19.6. The van der Waals surface area contributed by atoms with Crippen molar-refractivity contribution in [3.63, 3.8) is 0 Å². The summed E-state index contributed by atoms with van der Waals surface area (Å²) < 4.78 is 31.5. The van der Waals surface area contributed by atoms with Gasteiger partial charge < -0.3 is 28.4 Å². The third-order valence-corrected chi connectivity index (χ3v) is 4.07. The minimum Gasteiger partial charge on any atom is -0.369 e. The summed E-state index contributed by atoms with van der Waals surface area (Å²) in [6.45, 7) is 8.50. The molecule has 10 nitrogen and oxygen atoms in total. The molecule has 0 aromatic carbocycles. The van der Waals surface area contributed by atoms with Gasteiger partial charge in [-0.05, 0) is 0 Å². The Labute approximate surface area is 171 Å². The van der Waals surface area contributed by atoms with E-state index < -0.39 is 0 Å². The van der Waals surface area contributed by atoms with Crippen LogP contribution in [0.4, 0.5) is 0 Å². The average molecular weight is 411 g/mol. The van der Waals surface area contributed by atoms with E-state index in [1.165, 1.54) is 0 Å². The molecule has 0 rings (SSSR count). The van der Waals surface area contributed by atoms with Gasteiger partial charge in [-0.3, -0.25) is 19.6 Å². The van der Waals surface area contributed by atoms with Crippen LogP contribution in [0.5, 0.6) is 0 Å². The van der Waals surface area contributed by atoms with Crippen LogP contribution in [-0.4, -0.2) is 142 Å². The predicted molar refractivity (Wildman–Crippen MR) is 108 cm³/mol. The SMILES string of the molecule is COCN(CCN(CCN(COC)COC)CCN(COC)COC)COC. The van der Waals surface area contributed by atoms with Crippen molar-refractivity contribution in [2.45, 2.75) is 0 Å². The molecule has 0 aliphatic heterocycles. The quantitative estimate of drug-likeness (QED) is 0.238. The summed E-state index contributed by atoms with van der Waals surface area (Å²) in [5.74, 6) is 0. The molecule has 0 atom stereocenters. The summed E-state index contributed by atoms with van der Waals surface area (Å²) in [5.41, 5.74) is 0. The molecule has 0 saturated heterocycles. The molecule has 0 unspecified atom stereocenters. The fourth-order valence-electron chi connectivity index (χ4n) is 2.78. The van der Waals surface area contributed by atoms with E-state index in [0.717, 1.165) is 39.3 Å². The fourth-order valence-corrected chi connectivity index (χ4v) is 2.78. The normalized spacial score (nSPS) is 12.2. The first-order chi connectivity index (χ1) is 13.6. The molecular weight excluding hydrogens is 368 g/mol. The molecule has 0 amide bonds. The van der Waals surface area contributed by atoms with Gasteiger partial charge in [-0.15, -0.1) is 0 Å². The topological polar surface area (TPSA) is 68.3 Å². The van der Waals surface area contributed by atoms with E-state index in [1.54, 1.807) is 42.7 Å². The van der Waals surface area contributed by atoms with E-state index in [2.05, 4.69) is 19.6 Å². The zero-order valence-electron chi connectivity index (χ0n) is 18.7. The molecule has 0 aliphatic carbocycles. The second-order valence-corrected chi connectivity index (χ2v) is 6.53. The monoisotopic (exact) mass is 410 g/mol. The largest absolute Gasteiger partial charge is 0.369 e. The molecule has 0 spiro atoms. The zero-order chi connectivity index (χ0) is 21.0. The van der Waals surface area contributed by atoms with Crippen LogP contribution in [-0.2, 0) is 28.4 Å². The Balaban J connectivity index is 4.72. The van der Waals surface area contributed by atoms with Crippen molar-refractivity contribution in [2.24, 2.45) is 0 Å². The average Bonchev–Trinajstić information content (AvgIpc) is 2.68. The summed E-state index contributed by atoms with van der Waals surface area (Å²) >= 11 is 0. The van der Waals surface area contributed by atoms with E-state index in [1.807, 2.05) is 0 Å². The van der Waals surface area contributed by atoms with Crippen molar-refractivity contribution in [3.8, 4) is 0 Å². The first kappa shape index (κ1) is 27.6. The molecule has 0 saturated carbocycles. The highest BCUT2D eigenvalue weighted by Gasteiger charge is 2.13. The van der Waals surface area contributed by atoms with Gasteiger partial charge in [0.1, 0.15) is 40.4 Å². The van der Waals surface area contributed by atoms with Gasteiger partial charge in [0, 0.05) is 81.9 Å². The van der Waals surface area contributed by atoms with Crippen molar-refractivity contribution in [2.75, 3.05) is 122 Å². The molecule has 0 aliphatic rings. The van der Waals surface area contributed by atoms with Crippen LogP contribution in [0.3, 0.4) is 0 Å². The highest BCUT2D eigenvalue weighted by molar-refractivity contribution is 4.65. The van der Waals surface area contributed by atoms with Crippen molar-refractivity contribution in [1.82, 2.24) is 19.6 Å². The molecule has 0 radical (unpaired) electrons. The summed E-state index contributed by atoms with van der Waals surface area (Å²) in [4.78, 5) is 8.78. The van der Waals surface area contributed by atoms with E-state index in [9.17, 15) is 0 Å². The summed E-state index contributed by atoms with van der Waals surface area (Å²) in [5, 5.41) is 0. The van der Waals surface area contributed by atoms with Gasteiger partial charge >= 0.3 is 0 Å². The Morgan fingerprint density at radius 1 is 0.321 bits per heavy atom. The highest BCUT2D eigenvalue weighted by atomic mass is 16.5. The predicted octanol–water partition coefficient (Wildman–Crippen LogP) is -0.182. The van der Waals surface area contributed by atoms with Crippen molar-refractivity contribution < 1.29 is 28.4 Å². The van der Waals surface area contributed by atoms with Crippen LogP contribution in [0.15, 0.2) is 0 Å². The maximum absolute atomic E-state index is 5.26. The smallest absolute Gasteiger partial charge is 0.100 e. The van der Waals surface area contributed by atoms with Gasteiger partial charge in [-0.25, -0.2) is 0 Å². The second-order valence-electron chi connectivity index (χ2n) is 6.53. The standard InChI is InChI=1S/C18H42N4O6/c1-23-13-20(14-24-2)10-7-19(8-11-21(15-25-3)16-26-4)9-12-22(17-27-5)18-28-6/h7-18H2,1-6H3.